The zero-order valence-electron chi connectivity index (χ0n) is 14.7. The number of hydrogen-bond donors (Lipinski definition) is 1. The molecule has 2 aliphatic heterocycles. The zero-order chi connectivity index (χ0) is 19.5. The maximum Gasteiger partial charge on any atom is 0.338 e. The molecular weight excluding hydrogens is 430 g/mol. The predicted octanol–water partition coefficient (Wildman–Crippen LogP) is 3.18. The monoisotopic (exact) mass is 445 g/mol. The number of anilines is 1. The van der Waals surface area contributed by atoms with Crippen molar-refractivity contribution in [2.75, 3.05) is 31.7 Å². The molecule has 0 unspecified atom stereocenters. The maximum atomic E-state index is 12.2. The van der Waals surface area contributed by atoms with Crippen molar-refractivity contribution in [2.45, 2.75) is 0 Å². The summed E-state index contributed by atoms with van der Waals surface area (Å²) in [6.45, 7) is 0.606. The summed E-state index contributed by atoms with van der Waals surface area (Å²) in [4.78, 5) is 24.4. The second-order valence-electron chi connectivity index (χ2n) is 6.10. The lowest BCUT2D eigenvalue weighted by Gasteiger charge is -2.20. The van der Waals surface area contributed by atoms with Crippen LogP contribution < -0.4 is 19.5 Å². The molecule has 8 heteroatoms. The van der Waals surface area contributed by atoms with Crippen molar-refractivity contribution in [3.63, 3.8) is 0 Å². The van der Waals surface area contributed by atoms with Crippen LogP contribution in [0.25, 0.3) is 6.08 Å². The fraction of sp³-hybridized carbons (Fsp3) is 0.200. The minimum Gasteiger partial charge on any atom is -0.488 e. The Morgan fingerprint density at radius 1 is 1.04 bits per heavy atom. The van der Waals surface area contributed by atoms with Gasteiger partial charge in [-0.05, 0) is 28.1 Å². The molecule has 2 aromatic carbocycles. The Kier molecular flexibility index (Phi) is 5.21. The summed E-state index contributed by atoms with van der Waals surface area (Å²) < 4.78 is 22.3. The minimum absolute atomic E-state index is 0.102. The highest BCUT2D eigenvalue weighted by Gasteiger charge is 2.20. The summed E-state index contributed by atoms with van der Waals surface area (Å²) >= 11 is 3.38. The molecule has 2 aliphatic rings. The standard InChI is InChI=1S/C20H16BrNO6/c21-14-8-17-18(26-6-5-25-17)9-15(14)22-19(23)11-28-20(24)13-7-12-3-1-2-4-16(12)27-10-13/h1-4,7-9H,5-6,10-11H2,(H,22,23). The van der Waals surface area contributed by atoms with E-state index >= 15 is 0 Å². The van der Waals surface area contributed by atoms with E-state index in [0.717, 1.165) is 5.56 Å². The Balaban J connectivity index is 1.36. The van der Waals surface area contributed by atoms with Gasteiger partial charge in [-0.15, -0.1) is 0 Å². The Morgan fingerprint density at radius 3 is 2.61 bits per heavy atom. The highest BCUT2D eigenvalue weighted by Crippen LogP contribution is 2.38. The van der Waals surface area contributed by atoms with Gasteiger partial charge in [-0.25, -0.2) is 4.79 Å². The molecule has 0 saturated heterocycles. The van der Waals surface area contributed by atoms with Crippen LogP contribution in [0.4, 0.5) is 5.69 Å². The SMILES string of the molecule is O=C(COC(=O)C1=Cc2ccccc2OC1)Nc1cc2c(cc1Br)OCCO2. The quantitative estimate of drug-likeness (QED) is 0.727. The third kappa shape index (κ3) is 3.96. The number of para-hydroxylation sites is 1. The lowest BCUT2D eigenvalue weighted by Crippen LogP contribution is -2.24. The molecule has 0 radical (unpaired) electrons. The fourth-order valence-electron chi connectivity index (χ4n) is 2.80. The molecular formula is C20H16BrNO6. The number of fused-ring (bicyclic) bond motifs is 2. The van der Waals surface area contributed by atoms with Crippen LogP contribution in [0.3, 0.4) is 0 Å². The Morgan fingerprint density at radius 2 is 1.79 bits per heavy atom. The first-order chi connectivity index (χ1) is 13.6. The maximum absolute atomic E-state index is 12.2. The molecule has 0 fully saturated rings. The van der Waals surface area contributed by atoms with Crippen LogP contribution in [-0.2, 0) is 14.3 Å². The van der Waals surface area contributed by atoms with E-state index in [-0.39, 0.29) is 6.61 Å². The van der Waals surface area contributed by atoms with Gasteiger partial charge >= 0.3 is 5.97 Å². The molecule has 2 aromatic rings. The highest BCUT2D eigenvalue weighted by molar-refractivity contribution is 9.10. The zero-order valence-corrected chi connectivity index (χ0v) is 16.3. The number of hydrogen-bond acceptors (Lipinski definition) is 6. The number of esters is 1. The van der Waals surface area contributed by atoms with Crippen LogP contribution in [0, 0.1) is 0 Å². The number of carbonyl (C=O) groups excluding carboxylic acids is 2. The molecule has 1 amide bonds. The van der Waals surface area contributed by atoms with Crippen LogP contribution in [0.1, 0.15) is 5.56 Å². The number of benzene rings is 2. The molecule has 4 rings (SSSR count). The highest BCUT2D eigenvalue weighted by atomic mass is 79.9. The first-order valence-electron chi connectivity index (χ1n) is 8.58. The van der Waals surface area contributed by atoms with Crippen LogP contribution in [-0.4, -0.2) is 38.3 Å². The summed E-state index contributed by atoms with van der Waals surface area (Å²) in [6, 6.07) is 10.8. The van der Waals surface area contributed by atoms with Crippen molar-refractivity contribution in [3.8, 4) is 17.2 Å². The minimum atomic E-state index is -0.592. The topological polar surface area (TPSA) is 83.1 Å². The lowest BCUT2D eigenvalue weighted by molar-refractivity contribution is -0.143. The van der Waals surface area contributed by atoms with Crippen molar-refractivity contribution in [1.29, 1.82) is 0 Å². The first kappa shape index (κ1) is 18.4. The van der Waals surface area contributed by atoms with Crippen LogP contribution in [0.5, 0.6) is 17.2 Å². The normalized spacial score (nSPS) is 14.2. The van der Waals surface area contributed by atoms with Gasteiger partial charge in [-0.3, -0.25) is 4.79 Å². The van der Waals surface area contributed by atoms with E-state index in [2.05, 4.69) is 21.2 Å². The third-order valence-electron chi connectivity index (χ3n) is 4.13. The van der Waals surface area contributed by atoms with Gasteiger partial charge in [0.2, 0.25) is 0 Å². The lowest BCUT2D eigenvalue weighted by atomic mass is 10.1. The van der Waals surface area contributed by atoms with Gasteiger partial charge in [-0.2, -0.15) is 0 Å². The molecule has 0 aliphatic carbocycles. The molecule has 0 spiro atoms. The van der Waals surface area contributed by atoms with E-state index < -0.39 is 18.5 Å². The number of amides is 1. The van der Waals surface area contributed by atoms with Crippen LogP contribution >= 0.6 is 15.9 Å². The van der Waals surface area contributed by atoms with Crippen molar-refractivity contribution in [1.82, 2.24) is 0 Å². The van der Waals surface area contributed by atoms with E-state index in [0.29, 0.717) is 46.2 Å². The van der Waals surface area contributed by atoms with Gasteiger partial charge in [0.15, 0.2) is 18.1 Å². The Labute approximate surface area is 169 Å². The second-order valence-corrected chi connectivity index (χ2v) is 6.95. The molecule has 144 valence electrons. The fourth-order valence-corrected chi connectivity index (χ4v) is 3.23. The largest absolute Gasteiger partial charge is 0.488 e. The summed E-state index contributed by atoms with van der Waals surface area (Å²) in [5, 5.41) is 2.68. The smallest absolute Gasteiger partial charge is 0.338 e. The average Bonchev–Trinajstić information content (AvgIpc) is 2.72. The molecule has 0 aromatic heterocycles. The Bertz CT molecular complexity index is 971. The third-order valence-corrected chi connectivity index (χ3v) is 4.79. The number of rotatable bonds is 4. The summed E-state index contributed by atoms with van der Waals surface area (Å²) in [5.74, 6) is 0.798. The van der Waals surface area contributed by atoms with Crippen molar-refractivity contribution in [3.05, 3.63) is 52.0 Å². The van der Waals surface area contributed by atoms with Crippen molar-refractivity contribution in [2.24, 2.45) is 0 Å². The number of ether oxygens (including phenoxy) is 4. The summed E-state index contributed by atoms with van der Waals surface area (Å²) in [6.07, 6.45) is 1.70. The van der Waals surface area contributed by atoms with E-state index in [1.165, 1.54) is 0 Å². The van der Waals surface area contributed by atoms with Gasteiger partial charge in [-0.1, -0.05) is 18.2 Å². The summed E-state index contributed by atoms with van der Waals surface area (Å²) in [7, 11) is 0. The van der Waals surface area contributed by atoms with E-state index in [1.54, 1.807) is 18.2 Å². The molecule has 0 bridgehead atoms. The van der Waals surface area contributed by atoms with Crippen LogP contribution in [0.2, 0.25) is 0 Å². The van der Waals surface area contributed by atoms with Gasteiger partial charge < -0.3 is 24.3 Å². The average molecular weight is 446 g/mol. The number of nitrogens with one attached hydrogen (secondary N) is 1. The van der Waals surface area contributed by atoms with Gasteiger partial charge in [0, 0.05) is 22.2 Å². The van der Waals surface area contributed by atoms with Crippen LogP contribution in [0.15, 0.2) is 46.4 Å². The molecule has 0 atom stereocenters. The van der Waals surface area contributed by atoms with Crippen molar-refractivity contribution < 1.29 is 28.5 Å². The molecule has 2 heterocycles. The molecule has 28 heavy (non-hydrogen) atoms. The number of halogens is 1. The van der Waals surface area contributed by atoms with Gasteiger partial charge in [0.25, 0.3) is 5.91 Å². The molecule has 1 N–H and O–H groups in total. The van der Waals surface area contributed by atoms with Gasteiger partial charge in [0.1, 0.15) is 25.6 Å². The molecule has 0 saturated carbocycles. The van der Waals surface area contributed by atoms with E-state index in [1.807, 2.05) is 24.3 Å². The first-order valence-corrected chi connectivity index (χ1v) is 9.38. The van der Waals surface area contributed by atoms with Gasteiger partial charge in [0.05, 0.1) is 11.3 Å². The predicted molar refractivity (Wildman–Crippen MR) is 105 cm³/mol. The van der Waals surface area contributed by atoms with E-state index in [9.17, 15) is 9.59 Å². The second kappa shape index (κ2) is 7.93. The summed E-state index contributed by atoms with van der Waals surface area (Å²) in [5.41, 5.74) is 1.65. The Hall–Kier alpha value is -3.00. The van der Waals surface area contributed by atoms with E-state index in [4.69, 9.17) is 18.9 Å². The number of carbonyl (C=O) groups is 2. The van der Waals surface area contributed by atoms with Crippen molar-refractivity contribution >= 4 is 39.6 Å². The molecule has 7 nitrogen and oxygen atoms in total.